The van der Waals surface area contributed by atoms with Gasteiger partial charge in [0.15, 0.2) is 0 Å². The highest BCUT2D eigenvalue weighted by atomic mass is 35.5. The molecule has 4 aromatic rings. The lowest BCUT2D eigenvalue weighted by Crippen LogP contribution is -2.53. The van der Waals surface area contributed by atoms with Crippen molar-refractivity contribution >= 4 is 27.5 Å². The number of benzene rings is 3. The van der Waals surface area contributed by atoms with Gasteiger partial charge in [-0.1, -0.05) is 54.1 Å². The zero-order chi connectivity index (χ0) is 29.7. The van der Waals surface area contributed by atoms with Crippen LogP contribution in [0.15, 0.2) is 96.2 Å². The van der Waals surface area contributed by atoms with Gasteiger partial charge in [0, 0.05) is 37.1 Å². The number of nitrogens with one attached hydrogen (secondary N) is 1. The molecule has 1 saturated heterocycles. The lowest BCUT2D eigenvalue weighted by atomic mass is 9.72. The van der Waals surface area contributed by atoms with Gasteiger partial charge in [0.25, 0.3) is 0 Å². The molecule has 7 nitrogen and oxygen atoms in total. The summed E-state index contributed by atoms with van der Waals surface area (Å²) in [5.41, 5.74) is 1.25. The van der Waals surface area contributed by atoms with Gasteiger partial charge in [-0.15, -0.1) is 0 Å². The van der Waals surface area contributed by atoms with Gasteiger partial charge < -0.3 is 9.88 Å². The third kappa shape index (κ3) is 6.59. The Balaban J connectivity index is 1.44. The number of rotatable bonds is 10. The number of aromatic nitrogens is 2. The number of hydrogen-bond donors (Lipinski definition) is 1. The SMILES string of the molecule is CC(c1ncc[nH]1)N(CCc1ccc(Cl)cc1)C(=O)C1(Cc2ccccc2)CCN(S(=O)(=O)c2ccc(F)cc2)CC1. The molecule has 10 heteroatoms. The molecule has 0 radical (unpaired) electrons. The number of hydrogen-bond acceptors (Lipinski definition) is 4. The van der Waals surface area contributed by atoms with E-state index in [1.54, 1.807) is 12.4 Å². The molecular formula is C32H34ClFN4O3S. The number of imidazole rings is 1. The van der Waals surface area contributed by atoms with Crippen molar-refractivity contribution in [2.45, 2.75) is 43.5 Å². The van der Waals surface area contributed by atoms with Crippen molar-refractivity contribution in [2.75, 3.05) is 19.6 Å². The fraction of sp³-hybridized carbons (Fsp3) is 0.312. The Bertz CT molecular complexity index is 1570. The normalized spacial score (nSPS) is 16.2. The van der Waals surface area contributed by atoms with Crippen LogP contribution in [-0.2, 0) is 27.7 Å². The molecule has 0 saturated carbocycles. The number of aromatic amines is 1. The van der Waals surface area contributed by atoms with Gasteiger partial charge in [-0.2, -0.15) is 4.31 Å². The Kier molecular flexibility index (Phi) is 9.11. The largest absolute Gasteiger partial charge is 0.347 e. The van der Waals surface area contributed by atoms with Crippen LogP contribution in [0.3, 0.4) is 0 Å². The smallest absolute Gasteiger partial charge is 0.243 e. The molecule has 0 aliphatic carbocycles. The molecule has 220 valence electrons. The van der Waals surface area contributed by atoms with Crippen molar-refractivity contribution in [1.82, 2.24) is 19.2 Å². The van der Waals surface area contributed by atoms with Gasteiger partial charge in [0.1, 0.15) is 11.6 Å². The predicted molar refractivity (Wildman–Crippen MR) is 161 cm³/mol. The van der Waals surface area contributed by atoms with Crippen molar-refractivity contribution < 1.29 is 17.6 Å². The van der Waals surface area contributed by atoms with Crippen molar-refractivity contribution in [2.24, 2.45) is 5.41 Å². The Morgan fingerprint density at radius 2 is 1.69 bits per heavy atom. The maximum absolute atomic E-state index is 14.8. The van der Waals surface area contributed by atoms with E-state index in [0.29, 0.717) is 43.1 Å². The first-order chi connectivity index (χ1) is 20.2. The molecule has 3 aromatic carbocycles. The van der Waals surface area contributed by atoms with Crippen LogP contribution in [0, 0.1) is 11.2 Å². The van der Waals surface area contributed by atoms with Crippen LogP contribution in [0.1, 0.15) is 42.8 Å². The van der Waals surface area contributed by atoms with E-state index in [1.165, 1.54) is 16.4 Å². The number of piperidine rings is 1. The van der Waals surface area contributed by atoms with E-state index in [1.807, 2.05) is 66.4 Å². The second-order valence-electron chi connectivity index (χ2n) is 10.8. The number of sulfonamides is 1. The summed E-state index contributed by atoms with van der Waals surface area (Å²) in [5, 5.41) is 0.653. The van der Waals surface area contributed by atoms with Gasteiger partial charge in [0.2, 0.25) is 15.9 Å². The lowest BCUT2D eigenvalue weighted by molar-refractivity contribution is -0.147. The van der Waals surface area contributed by atoms with Crippen LogP contribution in [0.5, 0.6) is 0 Å². The summed E-state index contributed by atoms with van der Waals surface area (Å²) in [6.45, 7) is 2.77. The van der Waals surface area contributed by atoms with Crippen molar-refractivity contribution in [3.05, 3.63) is 119 Å². The summed E-state index contributed by atoms with van der Waals surface area (Å²) in [4.78, 5) is 24.3. The molecule has 1 aromatic heterocycles. The molecule has 5 rings (SSSR count). The Hall–Kier alpha value is -3.53. The van der Waals surface area contributed by atoms with E-state index >= 15 is 0 Å². The first kappa shape index (κ1) is 29.9. The van der Waals surface area contributed by atoms with E-state index < -0.39 is 21.3 Å². The molecule has 42 heavy (non-hydrogen) atoms. The van der Waals surface area contributed by atoms with Crippen LogP contribution < -0.4 is 0 Å². The number of carbonyl (C=O) groups excluding carboxylic acids is 1. The Labute approximate surface area is 251 Å². The average molecular weight is 609 g/mol. The van der Waals surface area contributed by atoms with Gasteiger partial charge in [-0.05, 0) is 80.1 Å². The fourth-order valence-electron chi connectivity index (χ4n) is 5.69. The van der Waals surface area contributed by atoms with Gasteiger partial charge >= 0.3 is 0 Å². The fourth-order valence-corrected chi connectivity index (χ4v) is 7.26. The number of nitrogens with zero attached hydrogens (tertiary/aromatic N) is 3. The molecule has 2 heterocycles. The minimum Gasteiger partial charge on any atom is -0.347 e. The molecule has 1 aliphatic rings. The second kappa shape index (κ2) is 12.8. The first-order valence-electron chi connectivity index (χ1n) is 14.0. The quantitative estimate of drug-likeness (QED) is 0.238. The summed E-state index contributed by atoms with van der Waals surface area (Å²) in [6, 6.07) is 22.0. The van der Waals surface area contributed by atoms with E-state index in [-0.39, 0.29) is 29.9 Å². The van der Waals surface area contributed by atoms with Crippen LogP contribution in [0.4, 0.5) is 4.39 Å². The summed E-state index contributed by atoms with van der Waals surface area (Å²) in [7, 11) is -3.83. The van der Waals surface area contributed by atoms with E-state index in [9.17, 15) is 17.6 Å². The number of halogens is 2. The molecule has 1 fully saturated rings. The highest BCUT2D eigenvalue weighted by Crippen LogP contribution is 2.40. The van der Waals surface area contributed by atoms with Crippen molar-refractivity contribution in [3.8, 4) is 0 Å². The zero-order valence-corrected chi connectivity index (χ0v) is 25.0. The van der Waals surface area contributed by atoms with Crippen LogP contribution >= 0.6 is 11.6 Å². The molecule has 1 amide bonds. The summed E-state index contributed by atoms with van der Waals surface area (Å²) in [6.07, 6.45) is 5.23. The van der Waals surface area contributed by atoms with Crippen molar-refractivity contribution in [3.63, 3.8) is 0 Å². The zero-order valence-electron chi connectivity index (χ0n) is 23.4. The van der Waals surface area contributed by atoms with Gasteiger partial charge in [0.05, 0.1) is 16.4 Å². The monoisotopic (exact) mass is 608 g/mol. The third-order valence-corrected chi connectivity index (χ3v) is 10.3. The highest BCUT2D eigenvalue weighted by molar-refractivity contribution is 7.89. The number of amides is 1. The molecular weight excluding hydrogens is 575 g/mol. The van der Waals surface area contributed by atoms with E-state index in [2.05, 4.69) is 9.97 Å². The Morgan fingerprint density at radius 3 is 2.31 bits per heavy atom. The number of carbonyl (C=O) groups is 1. The van der Waals surface area contributed by atoms with Gasteiger partial charge in [-0.25, -0.2) is 17.8 Å². The molecule has 1 N–H and O–H groups in total. The Morgan fingerprint density at radius 1 is 1.02 bits per heavy atom. The molecule has 1 aliphatic heterocycles. The van der Waals surface area contributed by atoms with Crippen LogP contribution in [-0.4, -0.2) is 53.1 Å². The standard InChI is InChI=1S/C32H34ClFN4O3S/c1-24(30-35-18-19-36-30)38(20-15-25-7-9-27(33)10-8-25)31(39)32(23-26-5-3-2-4-6-26)16-21-37(22-17-32)42(40,41)29-13-11-28(34)12-14-29/h2-14,18-19,24H,15-17,20-23H2,1H3,(H,35,36). The minimum atomic E-state index is -3.83. The summed E-state index contributed by atoms with van der Waals surface area (Å²) < 4.78 is 41.7. The predicted octanol–water partition coefficient (Wildman–Crippen LogP) is 6.05. The maximum Gasteiger partial charge on any atom is 0.243 e. The van der Waals surface area contributed by atoms with Crippen LogP contribution in [0.25, 0.3) is 0 Å². The highest BCUT2D eigenvalue weighted by Gasteiger charge is 2.46. The van der Waals surface area contributed by atoms with E-state index in [4.69, 9.17) is 11.6 Å². The van der Waals surface area contributed by atoms with Gasteiger partial charge in [-0.3, -0.25) is 4.79 Å². The molecule has 1 unspecified atom stereocenters. The minimum absolute atomic E-state index is 0.0250. The third-order valence-electron chi connectivity index (χ3n) is 8.17. The summed E-state index contributed by atoms with van der Waals surface area (Å²) in [5.74, 6) is 0.165. The van der Waals surface area contributed by atoms with Crippen LogP contribution in [0.2, 0.25) is 5.02 Å². The topological polar surface area (TPSA) is 86.4 Å². The number of H-pyrrole nitrogens is 1. The molecule has 1 atom stereocenters. The summed E-state index contributed by atoms with van der Waals surface area (Å²) >= 11 is 6.09. The maximum atomic E-state index is 14.8. The lowest BCUT2D eigenvalue weighted by Gasteiger charge is -2.44. The van der Waals surface area contributed by atoms with E-state index in [0.717, 1.165) is 23.3 Å². The first-order valence-corrected chi connectivity index (χ1v) is 15.8. The average Bonchev–Trinajstić information content (AvgIpc) is 3.54. The molecule has 0 bridgehead atoms. The second-order valence-corrected chi connectivity index (χ2v) is 13.2. The van der Waals surface area contributed by atoms with Crippen molar-refractivity contribution in [1.29, 1.82) is 0 Å². The molecule has 0 spiro atoms.